The molecule has 13 heavy (non-hydrogen) atoms. The number of hydrogen-bond donors (Lipinski definition) is 0. The summed E-state index contributed by atoms with van der Waals surface area (Å²) in [6.45, 7) is 6.07. The van der Waals surface area contributed by atoms with Crippen molar-refractivity contribution in [2.24, 2.45) is 0 Å². The van der Waals surface area contributed by atoms with E-state index in [-0.39, 0.29) is 0 Å². The van der Waals surface area contributed by atoms with Crippen LogP contribution in [0.3, 0.4) is 0 Å². The van der Waals surface area contributed by atoms with Crippen molar-refractivity contribution in [1.82, 2.24) is 0 Å². The fraction of sp³-hybridized carbons (Fsp3) is 0.769. The van der Waals surface area contributed by atoms with E-state index in [4.69, 9.17) is 0 Å². The average molecular weight is 181 g/mol. The van der Waals surface area contributed by atoms with Crippen molar-refractivity contribution in [3.63, 3.8) is 0 Å². The SMILES string of the molecule is [CH2-]CC/C=C\CCCCCCCC. The molecule has 0 unspecified atom stereocenters. The molecule has 0 aromatic carbocycles. The van der Waals surface area contributed by atoms with Crippen molar-refractivity contribution in [2.45, 2.75) is 64.7 Å². The number of rotatable bonds is 9. The van der Waals surface area contributed by atoms with E-state index in [9.17, 15) is 0 Å². The van der Waals surface area contributed by atoms with Crippen molar-refractivity contribution >= 4 is 0 Å². The third kappa shape index (κ3) is 11.7. The Labute approximate surface area is 84.4 Å². The standard InChI is InChI=1S/C13H25/c1-3-5-7-9-11-13-12-10-8-6-4-2/h7,9H,1,3-6,8,10-13H2,2H3/q-1/b9-7-. The van der Waals surface area contributed by atoms with Crippen LogP contribution in [0.15, 0.2) is 12.2 Å². The first-order valence-corrected chi connectivity index (χ1v) is 5.86. The van der Waals surface area contributed by atoms with Gasteiger partial charge in [0.2, 0.25) is 0 Å². The van der Waals surface area contributed by atoms with Crippen LogP contribution in [-0.2, 0) is 0 Å². The molecule has 0 heterocycles. The van der Waals surface area contributed by atoms with Crippen molar-refractivity contribution in [3.8, 4) is 0 Å². The molecule has 0 saturated heterocycles. The molecule has 0 aliphatic rings. The summed E-state index contributed by atoms with van der Waals surface area (Å²) in [6, 6.07) is 0. The maximum Gasteiger partial charge on any atom is -0.0351 e. The molecule has 0 atom stereocenters. The normalized spacial score (nSPS) is 11.2. The van der Waals surface area contributed by atoms with Gasteiger partial charge in [0.15, 0.2) is 0 Å². The summed E-state index contributed by atoms with van der Waals surface area (Å²) in [5.74, 6) is 0. The van der Waals surface area contributed by atoms with Gasteiger partial charge in [-0.3, -0.25) is 0 Å². The molecule has 0 radical (unpaired) electrons. The topological polar surface area (TPSA) is 0 Å². The Morgan fingerprint density at radius 3 is 2.15 bits per heavy atom. The van der Waals surface area contributed by atoms with Crippen molar-refractivity contribution in [1.29, 1.82) is 0 Å². The van der Waals surface area contributed by atoms with Gasteiger partial charge in [0.05, 0.1) is 0 Å². The zero-order chi connectivity index (χ0) is 9.78. The van der Waals surface area contributed by atoms with E-state index >= 15 is 0 Å². The minimum absolute atomic E-state index is 1.03. The lowest BCUT2D eigenvalue weighted by Gasteiger charge is -1.97. The molecule has 0 aliphatic heterocycles. The zero-order valence-electron chi connectivity index (χ0n) is 9.23. The number of unbranched alkanes of at least 4 members (excludes halogenated alkanes) is 7. The Morgan fingerprint density at radius 2 is 1.46 bits per heavy atom. The summed E-state index contributed by atoms with van der Waals surface area (Å²) < 4.78 is 0. The van der Waals surface area contributed by atoms with Crippen LogP contribution in [0.4, 0.5) is 0 Å². The first-order chi connectivity index (χ1) is 6.41. The molecule has 0 aromatic rings. The summed E-state index contributed by atoms with van der Waals surface area (Å²) in [5, 5.41) is 0. The van der Waals surface area contributed by atoms with Gasteiger partial charge in [-0.1, -0.05) is 57.6 Å². The number of allylic oxidation sites excluding steroid dienone is 2. The van der Waals surface area contributed by atoms with Gasteiger partial charge >= 0.3 is 0 Å². The maximum absolute atomic E-state index is 3.80. The van der Waals surface area contributed by atoms with Crippen LogP contribution in [0.5, 0.6) is 0 Å². The van der Waals surface area contributed by atoms with Gasteiger partial charge in [0, 0.05) is 0 Å². The molecule has 0 fully saturated rings. The Balaban J connectivity index is 2.91. The Morgan fingerprint density at radius 1 is 0.846 bits per heavy atom. The van der Waals surface area contributed by atoms with Gasteiger partial charge in [-0.15, -0.1) is 0 Å². The lowest BCUT2D eigenvalue weighted by atomic mass is 10.1. The van der Waals surface area contributed by atoms with Gasteiger partial charge in [-0.2, -0.15) is 6.42 Å². The largest absolute Gasteiger partial charge is 0.343 e. The van der Waals surface area contributed by atoms with Crippen molar-refractivity contribution in [3.05, 3.63) is 19.1 Å². The fourth-order valence-corrected chi connectivity index (χ4v) is 1.40. The minimum Gasteiger partial charge on any atom is -0.343 e. The number of hydrogen-bond acceptors (Lipinski definition) is 0. The van der Waals surface area contributed by atoms with Crippen LogP contribution in [0.25, 0.3) is 0 Å². The Bertz CT molecular complexity index is 103. The first-order valence-electron chi connectivity index (χ1n) is 5.86. The highest BCUT2D eigenvalue weighted by Crippen LogP contribution is 2.07. The molecular formula is C13H25-. The highest BCUT2D eigenvalue weighted by atomic mass is 13.9. The molecule has 0 amide bonds. The summed E-state index contributed by atoms with van der Waals surface area (Å²) in [6.07, 6.45) is 16.4. The fourth-order valence-electron chi connectivity index (χ4n) is 1.40. The lowest BCUT2D eigenvalue weighted by molar-refractivity contribution is 0.611. The van der Waals surface area contributed by atoms with Gasteiger partial charge < -0.3 is 6.92 Å². The van der Waals surface area contributed by atoms with Gasteiger partial charge in [-0.05, 0) is 12.8 Å². The molecule has 0 aliphatic carbocycles. The average Bonchev–Trinajstić information content (AvgIpc) is 2.16. The smallest absolute Gasteiger partial charge is 0.0351 e. The molecular weight excluding hydrogens is 156 g/mol. The van der Waals surface area contributed by atoms with E-state index in [1.165, 1.54) is 44.9 Å². The summed E-state index contributed by atoms with van der Waals surface area (Å²) in [5.41, 5.74) is 0. The maximum atomic E-state index is 3.80. The zero-order valence-corrected chi connectivity index (χ0v) is 9.23. The molecule has 0 N–H and O–H groups in total. The Kier molecular flexibility index (Phi) is 11.5. The summed E-state index contributed by atoms with van der Waals surface area (Å²) in [4.78, 5) is 0. The van der Waals surface area contributed by atoms with Crippen LogP contribution < -0.4 is 0 Å². The summed E-state index contributed by atoms with van der Waals surface area (Å²) >= 11 is 0. The highest BCUT2D eigenvalue weighted by Gasteiger charge is 1.87. The third-order valence-corrected chi connectivity index (χ3v) is 2.26. The second-order valence-electron chi connectivity index (χ2n) is 3.67. The summed E-state index contributed by atoms with van der Waals surface area (Å²) in [7, 11) is 0. The van der Waals surface area contributed by atoms with Crippen molar-refractivity contribution < 1.29 is 0 Å². The predicted octanol–water partition coefficient (Wildman–Crippen LogP) is 4.91. The van der Waals surface area contributed by atoms with Gasteiger partial charge in [-0.25, -0.2) is 0 Å². The first kappa shape index (κ1) is 12.7. The van der Waals surface area contributed by atoms with E-state index in [2.05, 4.69) is 26.0 Å². The van der Waals surface area contributed by atoms with Crippen LogP contribution in [0, 0.1) is 6.92 Å². The molecule has 0 heteroatoms. The van der Waals surface area contributed by atoms with Crippen LogP contribution in [0.1, 0.15) is 64.7 Å². The van der Waals surface area contributed by atoms with E-state index in [1.807, 2.05) is 0 Å². The monoisotopic (exact) mass is 181 g/mol. The van der Waals surface area contributed by atoms with E-state index < -0.39 is 0 Å². The lowest BCUT2D eigenvalue weighted by Crippen LogP contribution is -1.77. The second-order valence-corrected chi connectivity index (χ2v) is 3.67. The van der Waals surface area contributed by atoms with E-state index in [0.29, 0.717) is 0 Å². The molecule has 0 bridgehead atoms. The van der Waals surface area contributed by atoms with Gasteiger partial charge in [0.25, 0.3) is 0 Å². The quantitative estimate of drug-likeness (QED) is 0.269. The Hall–Kier alpha value is -0.260. The highest BCUT2D eigenvalue weighted by molar-refractivity contribution is 4.81. The van der Waals surface area contributed by atoms with Crippen LogP contribution in [0.2, 0.25) is 0 Å². The molecule has 0 aromatic heterocycles. The third-order valence-electron chi connectivity index (χ3n) is 2.26. The van der Waals surface area contributed by atoms with Crippen molar-refractivity contribution in [2.75, 3.05) is 0 Å². The molecule has 78 valence electrons. The predicted molar refractivity (Wildman–Crippen MR) is 61.7 cm³/mol. The van der Waals surface area contributed by atoms with E-state index in [0.717, 1.165) is 12.8 Å². The van der Waals surface area contributed by atoms with Crippen LogP contribution in [-0.4, -0.2) is 0 Å². The molecule has 0 nitrogen and oxygen atoms in total. The molecule has 0 saturated carbocycles. The molecule has 0 rings (SSSR count). The van der Waals surface area contributed by atoms with Crippen LogP contribution >= 0.6 is 0 Å². The second kappa shape index (κ2) is 11.7. The van der Waals surface area contributed by atoms with Gasteiger partial charge in [0.1, 0.15) is 0 Å². The van der Waals surface area contributed by atoms with E-state index in [1.54, 1.807) is 0 Å². The minimum atomic E-state index is 1.03. The molecule has 0 spiro atoms.